The predicted molar refractivity (Wildman–Crippen MR) is 88.8 cm³/mol. The third-order valence-electron chi connectivity index (χ3n) is 4.20. The van der Waals surface area contributed by atoms with E-state index in [4.69, 9.17) is 5.11 Å². The third-order valence-corrected chi connectivity index (χ3v) is 6.10. The molecular formula is C14H23N4O5S+. The van der Waals surface area contributed by atoms with Crippen molar-refractivity contribution in [3.63, 3.8) is 0 Å². The Bertz CT molecular complexity index is 701. The lowest BCUT2D eigenvalue weighted by molar-refractivity contribution is -0.883. The molecule has 2 rings (SSSR count). The second kappa shape index (κ2) is 7.43. The number of aliphatic hydroxyl groups excluding tert-OH is 1. The van der Waals surface area contributed by atoms with Crippen molar-refractivity contribution in [2.75, 3.05) is 58.3 Å². The van der Waals surface area contributed by atoms with Gasteiger partial charge in [-0.3, -0.25) is 10.1 Å². The molecule has 134 valence electrons. The highest BCUT2D eigenvalue weighted by Gasteiger charge is 2.31. The maximum Gasteiger partial charge on any atom is 0.293 e. The second-order valence-electron chi connectivity index (χ2n) is 5.91. The number of piperazine rings is 1. The van der Waals surface area contributed by atoms with Crippen LogP contribution in [-0.4, -0.2) is 76.2 Å². The maximum atomic E-state index is 12.7. The van der Waals surface area contributed by atoms with Crippen LogP contribution in [0.4, 0.5) is 11.4 Å². The molecule has 1 aliphatic rings. The van der Waals surface area contributed by atoms with Crippen LogP contribution in [0.15, 0.2) is 23.1 Å². The van der Waals surface area contributed by atoms with Gasteiger partial charge in [0.15, 0.2) is 0 Å². The molecule has 0 atom stereocenters. The fourth-order valence-corrected chi connectivity index (χ4v) is 4.12. The molecule has 1 fully saturated rings. The number of aliphatic hydroxyl groups is 1. The fourth-order valence-electron chi connectivity index (χ4n) is 2.66. The van der Waals surface area contributed by atoms with Crippen molar-refractivity contribution in [2.24, 2.45) is 0 Å². The van der Waals surface area contributed by atoms with Gasteiger partial charge < -0.3 is 14.9 Å². The zero-order valence-corrected chi connectivity index (χ0v) is 14.6. The number of nitrogens with one attached hydrogen (secondary N) is 1. The summed E-state index contributed by atoms with van der Waals surface area (Å²) in [5.41, 5.74) is -0.0115. The number of likely N-dealkylation sites (N-methyl/N-ethyl adjacent to an activating group) is 2. The second-order valence-corrected chi connectivity index (χ2v) is 7.85. The number of nitro groups is 1. The first-order valence-corrected chi connectivity index (χ1v) is 9.13. The van der Waals surface area contributed by atoms with Gasteiger partial charge in [-0.25, -0.2) is 8.42 Å². The topological polar surface area (TPSA) is 108 Å². The van der Waals surface area contributed by atoms with E-state index in [1.54, 1.807) is 7.05 Å². The zero-order chi connectivity index (χ0) is 17.9. The number of nitro benzene ring substituents is 1. The van der Waals surface area contributed by atoms with Crippen molar-refractivity contribution in [3.8, 4) is 0 Å². The lowest BCUT2D eigenvalue weighted by Gasteiger charge is -2.29. The average molecular weight is 359 g/mol. The summed E-state index contributed by atoms with van der Waals surface area (Å²) in [4.78, 5) is 13.4. The van der Waals surface area contributed by atoms with Gasteiger partial charge in [0.1, 0.15) is 5.69 Å². The molecule has 1 heterocycles. The summed E-state index contributed by atoms with van der Waals surface area (Å²) in [5, 5.41) is 20.3. The first-order valence-electron chi connectivity index (χ1n) is 7.69. The molecule has 2 N–H and O–H groups in total. The number of anilines is 1. The number of sulfonamides is 1. The summed E-state index contributed by atoms with van der Waals surface area (Å²) in [6.45, 7) is 2.27. The monoisotopic (exact) mass is 359 g/mol. The van der Waals surface area contributed by atoms with E-state index in [1.807, 2.05) is 7.05 Å². The van der Waals surface area contributed by atoms with E-state index in [9.17, 15) is 18.5 Å². The van der Waals surface area contributed by atoms with Gasteiger partial charge in [-0.1, -0.05) is 0 Å². The van der Waals surface area contributed by atoms with Crippen LogP contribution in [0.1, 0.15) is 0 Å². The Hall–Kier alpha value is -1.75. The normalized spacial score (nSPS) is 17.0. The zero-order valence-electron chi connectivity index (χ0n) is 13.8. The van der Waals surface area contributed by atoms with Crippen LogP contribution >= 0.6 is 0 Å². The van der Waals surface area contributed by atoms with E-state index in [0.29, 0.717) is 26.2 Å². The van der Waals surface area contributed by atoms with E-state index < -0.39 is 14.9 Å². The molecule has 1 aliphatic heterocycles. The molecule has 10 heteroatoms. The Kier molecular flexibility index (Phi) is 5.75. The third kappa shape index (κ3) is 3.83. The van der Waals surface area contributed by atoms with E-state index in [-0.39, 0.29) is 29.4 Å². The van der Waals surface area contributed by atoms with Gasteiger partial charge in [0.05, 0.1) is 49.7 Å². The SMILES string of the molecule is CN(CCO)c1ccc(S(=O)(=O)N2CC[NH+](C)CC2)cc1[N+](=O)[O-]. The molecule has 0 amide bonds. The van der Waals surface area contributed by atoms with E-state index in [2.05, 4.69) is 0 Å². The molecule has 0 spiro atoms. The van der Waals surface area contributed by atoms with E-state index in [0.717, 1.165) is 6.07 Å². The molecule has 0 aromatic heterocycles. The van der Waals surface area contributed by atoms with Crippen LogP contribution < -0.4 is 9.80 Å². The highest BCUT2D eigenvalue weighted by molar-refractivity contribution is 7.89. The molecule has 24 heavy (non-hydrogen) atoms. The highest BCUT2D eigenvalue weighted by atomic mass is 32.2. The maximum absolute atomic E-state index is 12.7. The largest absolute Gasteiger partial charge is 0.395 e. The van der Waals surface area contributed by atoms with Crippen LogP contribution in [0, 0.1) is 10.1 Å². The molecule has 1 aromatic rings. The van der Waals surface area contributed by atoms with Gasteiger partial charge >= 0.3 is 0 Å². The van der Waals surface area contributed by atoms with E-state index >= 15 is 0 Å². The molecule has 0 saturated carbocycles. The number of benzene rings is 1. The van der Waals surface area contributed by atoms with Gasteiger partial charge in [-0.05, 0) is 12.1 Å². The van der Waals surface area contributed by atoms with Crippen LogP contribution in [0.5, 0.6) is 0 Å². The minimum absolute atomic E-state index is 0.0742. The molecule has 0 aliphatic carbocycles. The van der Waals surface area contributed by atoms with Crippen molar-refractivity contribution >= 4 is 21.4 Å². The summed E-state index contributed by atoms with van der Waals surface area (Å²) in [5.74, 6) is 0. The first kappa shape index (κ1) is 18.6. The van der Waals surface area contributed by atoms with Gasteiger partial charge in [-0.15, -0.1) is 0 Å². The van der Waals surface area contributed by atoms with Gasteiger partial charge in [0.25, 0.3) is 5.69 Å². The van der Waals surface area contributed by atoms with Crippen molar-refractivity contribution in [1.29, 1.82) is 0 Å². The van der Waals surface area contributed by atoms with Crippen LogP contribution in [-0.2, 0) is 10.0 Å². The highest BCUT2D eigenvalue weighted by Crippen LogP contribution is 2.31. The summed E-state index contributed by atoms with van der Waals surface area (Å²) in [7, 11) is -0.141. The summed E-state index contributed by atoms with van der Waals surface area (Å²) in [6, 6.07) is 3.91. The van der Waals surface area contributed by atoms with Crippen molar-refractivity contribution in [1.82, 2.24) is 4.31 Å². The standard InChI is InChI=1S/C14H22N4O5S/c1-15-5-7-17(8-6-15)24(22,23)12-3-4-13(16(2)9-10-19)14(11-12)18(20)21/h3-4,11,19H,5-10H2,1-2H3/p+1. The van der Waals surface area contributed by atoms with Gasteiger partial charge in [0.2, 0.25) is 10.0 Å². The summed E-state index contributed by atoms with van der Waals surface area (Å²) >= 11 is 0. The van der Waals surface area contributed by atoms with Gasteiger partial charge in [-0.2, -0.15) is 4.31 Å². The minimum Gasteiger partial charge on any atom is -0.395 e. The molecule has 1 aromatic carbocycles. The number of quaternary nitrogens is 1. The lowest BCUT2D eigenvalue weighted by atomic mass is 10.2. The Morgan fingerprint density at radius 3 is 2.54 bits per heavy atom. The van der Waals surface area contributed by atoms with Crippen LogP contribution in [0.25, 0.3) is 0 Å². The number of hydrogen-bond donors (Lipinski definition) is 2. The Morgan fingerprint density at radius 1 is 1.38 bits per heavy atom. The average Bonchev–Trinajstić information content (AvgIpc) is 2.54. The number of nitrogens with zero attached hydrogens (tertiary/aromatic N) is 3. The first-order chi connectivity index (χ1) is 11.3. The number of hydrogen-bond acceptors (Lipinski definition) is 6. The molecule has 1 saturated heterocycles. The van der Waals surface area contributed by atoms with Crippen LogP contribution in [0.2, 0.25) is 0 Å². The Morgan fingerprint density at radius 2 is 2.00 bits per heavy atom. The molecule has 0 radical (unpaired) electrons. The smallest absolute Gasteiger partial charge is 0.293 e. The fraction of sp³-hybridized carbons (Fsp3) is 0.571. The van der Waals surface area contributed by atoms with Crippen molar-refractivity contribution in [3.05, 3.63) is 28.3 Å². The van der Waals surface area contributed by atoms with Crippen molar-refractivity contribution in [2.45, 2.75) is 4.90 Å². The summed E-state index contributed by atoms with van der Waals surface area (Å²) < 4.78 is 26.8. The van der Waals surface area contributed by atoms with Crippen molar-refractivity contribution < 1.29 is 23.3 Å². The minimum atomic E-state index is -3.75. The summed E-state index contributed by atoms with van der Waals surface area (Å²) in [6.07, 6.45) is 0. The molecule has 0 unspecified atom stereocenters. The van der Waals surface area contributed by atoms with Gasteiger partial charge in [0, 0.05) is 19.7 Å². The van der Waals surface area contributed by atoms with Crippen LogP contribution in [0.3, 0.4) is 0 Å². The van der Waals surface area contributed by atoms with E-state index in [1.165, 1.54) is 26.2 Å². The quantitative estimate of drug-likeness (QED) is 0.475. The molecule has 9 nitrogen and oxygen atoms in total. The molecular weight excluding hydrogens is 336 g/mol. The Balaban J connectivity index is 2.37. The lowest BCUT2D eigenvalue weighted by Crippen LogP contribution is -3.12. The predicted octanol–water partition coefficient (Wildman–Crippen LogP) is -1.46. The Labute approximate surface area is 141 Å². The molecule has 0 bridgehead atoms. The number of rotatable bonds is 6.